The van der Waals surface area contributed by atoms with Crippen LogP contribution in [0.25, 0.3) is 10.2 Å². The first-order valence-electron chi connectivity index (χ1n) is 4.66. The number of nitrogens with two attached hydrogens (primary N) is 1. The van der Waals surface area contributed by atoms with Crippen molar-refractivity contribution in [2.75, 3.05) is 5.73 Å². The number of aromatic nitrogens is 1. The zero-order valence-electron chi connectivity index (χ0n) is 8.18. The van der Waals surface area contributed by atoms with Crippen LogP contribution in [0.2, 0.25) is 0 Å². The molecule has 15 heavy (non-hydrogen) atoms. The normalized spacial score (nSPS) is 11.1. The van der Waals surface area contributed by atoms with Crippen LogP contribution in [0, 0.1) is 11.6 Å². The molecule has 2 N–H and O–H groups in total. The van der Waals surface area contributed by atoms with Crippen LogP contribution in [0.5, 0.6) is 0 Å². The third-order valence-corrected chi connectivity index (χ3v) is 3.08. The Morgan fingerprint density at radius 2 is 2.13 bits per heavy atom. The van der Waals surface area contributed by atoms with Gasteiger partial charge >= 0.3 is 0 Å². The third kappa shape index (κ3) is 1.67. The predicted octanol–water partition coefficient (Wildman–Crippen LogP) is 3.11. The van der Waals surface area contributed by atoms with Crippen molar-refractivity contribution in [3.63, 3.8) is 0 Å². The van der Waals surface area contributed by atoms with Gasteiger partial charge in [0.25, 0.3) is 0 Å². The second-order valence-corrected chi connectivity index (χ2v) is 4.33. The number of hydrogen-bond acceptors (Lipinski definition) is 3. The van der Waals surface area contributed by atoms with Gasteiger partial charge in [0.2, 0.25) is 0 Å². The van der Waals surface area contributed by atoms with E-state index in [9.17, 15) is 8.78 Å². The van der Waals surface area contributed by atoms with Crippen molar-refractivity contribution in [2.24, 2.45) is 0 Å². The maximum atomic E-state index is 13.5. The van der Waals surface area contributed by atoms with Gasteiger partial charge in [0.05, 0.1) is 10.2 Å². The van der Waals surface area contributed by atoms with Gasteiger partial charge in [0.15, 0.2) is 5.13 Å². The van der Waals surface area contributed by atoms with Crippen LogP contribution in [-0.4, -0.2) is 4.98 Å². The van der Waals surface area contributed by atoms with Gasteiger partial charge in [-0.3, -0.25) is 0 Å². The fraction of sp³-hybridized carbons (Fsp3) is 0.300. The molecule has 0 spiro atoms. The number of hydrogen-bond donors (Lipinski definition) is 1. The van der Waals surface area contributed by atoms with Crippen LogP contribution >= 0.6 is 11.3 Å². The van der Waals surface area contributed by atoms with Crippen LogP contribution in [0.15, 0.2) is 6.07 Å². The van der Waals surface area contributed by atoms with Crippen LogP contribution in [0.1, 0.15) is 18.9 Å². The molecule has 2 rings (SSSR count). The van der Waals surface area contributed by atoms with Crippen molar-refractivity contribution in [3.8, 4) is 0 Å². The summed E-state index contributed by atoms with van der Waals surface area (Å²) in [6.45, 7) is 1.93. The predicted molar refractivity (Wildman–Crippen MR) is 57.9 cm³/mol. The summed E-state index contributed by atoms with van der Waals surface area (Å²) in [5, 5.41) is 0.270. The number of benzene rings is 1. The van der Waals surface area contributed by atoms with Crippen molar-refractivity contribution in [1.29, 1.82) is 0 Å². The molecular formula is C10H10F2N2S. The SMILES string of the molecule is CCCc1c(F)cc(F)c2sc(N)nc12. The average molecular weight is 228 g/mol. The fourth-order valence-corrected chi connectivity index (χ4v) is 2.34. The molecule has 1 aromatic carbocycles. The molecule has 0 aliphatic rings. The van der Waals surface area contributed by atoms with Gasteiger partial charge in [-0.25, -0.2) is 13.8 Å². The molecule has 0 aliphatic heterocycles. The first kappa shape index (κ1) is 10.3. The van der Waals surface area contributed by atoms with Crippen LogP contribution in [0.3, 0.4) is 0 Å². The molecule has 0 atom stereocenters. The number of thiazole rings is 1. The summed E-state index contributed by atoms with van der Waals surface area (Å²) in [6.07, 6.45) is 1.33. The largest absolute Gasteiger partial charge is 0.375 e. The van der Waals surface area contributed by atoms with Crippen molar-refractivity contribution >= 4 is 26.7 Å². The number of rotatable bonds is 2. The van der Waals surface area contributed by atoms with Crippen LogP contribution < -0.4 is 5.73 Å². The molecule has 2 aromatic rings. The van der Waals surface area contributed by atoms with E-state index < -0.39 is 11.6 Å². The summed E-state index contributed by atoms with van der Waals surface area (Å²) in [6, 6.07) is 0.908. The number of fused-ring (bicyclic) bond motifs is 1. The Kier molecular flexibility index (Phi) is 2.56. The Labute approximate surface area is 89.7 Å². The van der Waals surface area contributed by atoms with Gasteiger partial charge in [-0.1, -0.05) is 24.7 Å². The van der Waals surface area contributed by atoms with E-state index in [1.165, 1.54) is 0 Å². The van der Waals surface area contributed by atoms with Crippen molar-refractivity contribution in [1.82, 2.24) is 4.98 Å². The Hall–Kier alpha value is -1.23. The lowest BCUT2D eigenvalue weighted by atomic mass is 10.1. The molecule has 0 fully saturated rings. The monoisotopic (exact) mass is 228 g/mol. The molecule has 1 aromatic heterocycles. The molecule has 0 saturated carbocycles. The summed E-state index contributed by atoms with van der Waals surface area (Å²) in [5.41, 5.74) is 6.32. The number of aryl methyl sites for hydroxylation is 1. The maximum Gasteiger partial charge on any atom is 0.181 e. The van der Waals surface area contributed by atoms with E-state index in [0.717, 1.165) is 23.8 Å². The minimum atomic E-state index is -0.587. The van der Waals surface area contributed by atoms with Gasteiger partial charge in [0, 0.05) is 11.6 Å². The average Bonchev–Trinajstić information content (AvgIpc) is 2.55. The molecule has 0 radical (unpaired) electrons. The van der Waals surface area contributed by atoms with Crippen LogP contribution in [0.4, 0.5) is 13.9 Å². The molecule has 0 amide bonds. The number of halogens is 2. The van der Waals surface area contributed by atoms with E-state index in [1.807, 2.05) is 6.92 Å². The van der Waals surface area contributed by atoms with Crippen molar-refractivity contribution < 1.29 is 8.78 Å². The highest BCUT2D eigenvalue weighted by molar-refractivity contribution is 7.22. The summed E-state index contributed by atoms with van der Waals surface area (Å²) < 4.78 is 27.2. The lowest BCUT2D eigenvalue weighted by Gasteiger charge is -2.02. The van der Waals surface area contributed by atoms with Gasteiger partial charge in [-0.05, 0) is 6.42 Å². The molecule has 1 heterocycles. The molecule has 0 unspecified atom stereocenters. The Morgan fingerprint density at radius 3 is 2.80 bits per heavy atom. The summed E-state index contributed by atoms with van der Waals surface area (Å²) >= 11 is 1.05. The standard InChI is InChI=1S/C10H10F2N2S/c1-2-3-5-6(11)4-7(12)9-8(5)14-10(13)15-9/h4H,2-3H2,1H3,(H2,13,14). The van der Waals surface area contributed by atoms with Gasteiger partial charge in [0.1, 0.15) is 11.6 Å². The summed E-state index contributed by atoms with van der Waals surface area (Å²) in [7, 11) is 0. The van der Waals surface area contributed by atoms with E-state index in [2.05, 4.69) is 4.98 Å². The minimum absolute atomic E-state index is 0.270. The van der Waals surface area contributed by atoms with E-state index in [-0.39, 0.29) is 5.13 Å². The van der Waals surface area contributed by atoms with E-state index >= 15 is 0 Å². The molecule has 0 bridgehead atoms. The first-order valence-corrected chi connectivity index (χ1v) is 5.48. The number of nitrogen functional groups attached to an aromatic ring is 1. The second kappa shape index (κ2) is 3.73. The zero-order valence-corrected chi connectivity index (χ0v) is 9.00. The quantitative estimate of drug-likeness (QED) is 0.857. The maximum absolute atomic E-state index is 13.5. The Morgan fingerprint density at radius 1 is 1.40 bits per heavy atom. The van der Waals surface area contributed by atoms with Gasteiger partial charge in [-0.15, -0.1) is 0 Å². The minimum Gasteiger partial charge on any atom is -0.375 e. The van der Waals surface area contributed by atoms with Gasteiger partial charge < -0.3 is 5.73 Å². The van der Waals surface area contributed by atoms with Gasteiger partial charge in [-0.2, -0.15) is 0 Å². The van der Waals surface area contributed by atoms with E-state index in [0.29, 0.717) is 22.2 Å². The lowest BCUT2D eigenvalue weighted by Crippen LogP contribution is -1.94. The number of anilines is 1. The molecule has 80 valence electrons. The van der Waals surface area contributed by atoms with E-state index in [4.69, 9.17) is 5.73 Å². The third-order valence-electron chi connectivity index (χ3n) is 2.19. The molecule has 0 saturated heterocycles. The second-order valence-electron chi connectivity index (χ2n) is 3.30. The van der Waals surface area contributed by atoms with E-state index in [1.54, 1.807) is 0 Å². The van der Waals surface area contributed by atoms with Crippen LogP contribution in [-0.2, 0) is 6.42 Å². The number of nitrogens with zero attached hydrogens (tertiary/aromatic N) is 1. The Bertz CT molecular complexity index is 508. The highest BCUT2D eigenvalue weighted by Crippen LogP contribution is 2.31. The topological polar surface area (TPSA) is 38.9 Å². The lowest BCUT2D eigenvalue weighted by molar-refractivity contribution is 0.580. The molecule has 5 heteroatoms. The summed E-state index contributed by atoms with van der Waals surface area (Å²) in [4.78, 5) is 3.97. The highest BCUT2D eigenvalue weighted by atomic mass is 32.1. The highest BCUT2D eigenvalue weighted by Gasteiger charge is 2.15. The van der Waals surface area contributed by atoms with Crippen molar-refractivity contribution in [3.05, 3.63) is 23.3 Å². The molecular weight excluding hydrogens is 218 g/mol. The smallest absolute Gasteiger partial charge is 0.181 e. The molecule has 0 aliphatic carbocycles. The molecule has 2 nitrogen and oxygen atoms in total. The zero-order chi connectivity index (χ0) is 11.0. The Balaban J connectivity index is 2.76. The fourth-order valence-electron chi connectivity index (χ4n) is 1.57. The van der Waals surface area contributed by atoms with Crippen molar-refractivity contribution in [2.45, 2.75) is 19.8 Å². The first-order chi connectivity index (χ1) is 7.13. The summed E-state index contributed by atoms with van der Waals surface area (Å²) in [5.74, 6) is -1.12.